The van der Waals surface area contributed by atoms with E-state index in [2.05, 4.69) is 0 Å². The molecule has 0 radical (unpaired) electrons. The normalized spacial score (nSPS) is 28.6. The number of carbonyl (C=O) groups is 2. The van der Waals surface area contributed by atoms with E-state index < -0.39 is 11.9 Å². The number of rotatable bonds is 3. The summed E-state index contributed by atoms with van der Waals surface area (Å²) < 4.78 is 10.1. The van der Waals surface area contributed by atoms with Crippen molar-refractivity contribution in [3.63, 3.8) is 0 Å². The van der Waals surface area contributed by atoms with Gasteiger partial charge in [-0.15, -0.1) is 0 Å². The molecule has 0 saturated carbocycles. The van der Waals surface area contributed by atoms with Gasteiger partial charge >= 0.3 is 11.9 Å². The Hall–Kier alpha value is -1.58. The lowest BCUT2D eigenvalue weighted by Crippen LogP contribution is -2.10. The Morgan fingerprint density at radius 1 is 0.938 bits per heavy atom. The summed E-state index contributed by atoms with van der Waals surface area (Å²) >= 11 is 0. The molecule has 2 aliphatic rings. The van der Waals surface area contributed by atoms with Crippen LogP contribution in [0.1, 0.15) is 26.7 Å². The van der Waals surface area contributed by atoms with Gasteiger partial charge < -0.3 is 9.47 Å². The molecule has 0 amide bonds. The van der Waals surface area contributed by atoms with Crippen molar-refractivity contribution in [2.24, 2.45) is 0 Å². The van der Waals surface area contributed by atoms with Crippen molar-refractivity contribution in [1.29, 1.82) is 0 Å². The number of hydrogen-bond donors (Lipinski definition) is 0. The highest BCUT2D eigenvalue weighted by molar-refractivity contribution is 6.09. The standard InChI is InChI=1S/C12H14O4/c1-3-7-5-9(11(13)15-7)10-6-8(4-2)16-12(10)14/h5-8H,3-4H2,1-2H3/t7-,8-/m1/s1. The van der Waals surface area contributed by atoms with Crippen molar-refractivity contribution in [2.75, 3.05) is 0 Å². The third-order valence-electron chi connectivity index (χ3n) is 2.76. The Balaban J connectivity index is 2.25. The quantitative estimate of drug-likeness (QED) is 0.679. The molecule has 0 aliphatic carbocycles. The van der Waals surface area contributed by atoms with E-state index in [4.69, 9.17) is 9.47 Å². The highest BCUT2D eigenvalue weighted by Gasteiger charge is 2.35. The Labute approximate surface area is 93.9 Å². The minimum Gasteiger partial charge on any atom is -0.455 e. The molecular weight excluding hydrogens is 208 g/mol. The van der Waals surface area contributed by atoms with Crippen LogP contribution in [-0.4, -0.2) is 24.1 Å². The zero-order chi connectivity index (χ0) is 11.7. The van der Waals surface area contributed by atoms with Crippen LogP contribution >= 0.6 is 0 Å². The maximum Gasteiger partial charge on any atom is 0.339 e. The van der Waals surface area contributed by atoms with Crippen LogP contribution in [0.25, 0.3) is 0 Å². The molecule has 0 aromatic carbocycles. The predicted molar refractivity (Wildman–Crippen MR) is 56.5 cm³/mol. The van der Waals surface area contributed by atoms with Gasteiger partial charge in [-0.3, -0.25) is 0 Å². The van der Waals surface area contributed by atoms with Crippen molar-refractivity contribution < 1.29 is 19.1 Å². The molecule has 86 valence electrons. The van der Waals surface area contributed by atoms with Crippen LogP contribution in [-0.2, 0) is 19.1 Å². The van der Waals surface area contributed by atoms with E-state index in [1.807, 2.05) is 13.8 Å². The number of cyclic esters (lactones) is 2. The molecular formula is C12H14O4. The topological polar surface area (TPSA) is 52.6 Å². The zero-order valence-corrected chi connectivity index (χ0v) is 9.36. The molecule has 0 bridgehead atoms. The molecule has 0 aromatic heterocycles. The predicted octanol–water partition coefficient (Wildman–Crippen LogP) is 1.51. The number of esters is 2. The summed E-state index contributed by atoms with van der Waals surface area (Å²) in [6.45, 7) is 3.85. The summed E-state index contributed by atoms with van der Waals surface area (Å²) in [6.07, 6.45) is 4.42. The van der Waals surface area contributed by atoms with Gasteiger partial charge in [0.15, 0.2) is 0 Å². The lowest BCUT2D eigenvalue weighted by Gasteiger charge is -2.02. The SMILES string of the molecule is CC[C@@H]1C=C(C2=C[C@@H](CC)OC2=O)C(=O)O1. The highest BCUT2D eigenvalue weighted by Crippen LogP contribution is 2.28. The van der Waals surface area contributed by atoms with E-state index in [-0.39, 0.29) is 12.2 Å². The van der Waals surface area contributed by atoms with Crippen LogP contribution in [0.15, 0.2) is 23.3 Å². The summed E-state index contributed by atoms with van der Waals surface area (Å²) in [4.78, 5) is 23.1. The molecule has 4 heteroatoms. The fraction of sp³-hybridized carbons (Fsp3) is 0.500. The summed E-state index contributed by atoms with van der Waals surface area (Å²) in [6, 6.07) is 0. The van der Waals surface area contributed by atoms with E-state index in [1.54, 1.807) is 12.2 Å². The van der Waals surface area contributed by atoms with Crippen LogP contribution in [0, 0.1) is 0 Å². The second-order valence-electron chi connectivity index (χ2n) is 3.86. The molecule has 0 spiro atoms. The summed E-state index contributed by atoms with van der Waals surface area (Å²) in [7, 11) is 0. The van der Waals surface area contributed by atoms with Crippen LogP contribution < -0.4 is 0 Å². The maximum atomic E-state index is 11.5. The molecule has 0 unspecified atom stereocenters. The molecule has 0 N–H and O–H groups in total. The van der Waals surface area contributed by atoms with E-state index in [9.17, 15) is 9.59 Å². The van der Waals surface area contributed by atoms with E-state index in [0.717, 1.165) is 12.8 Å². The average Bonchev–Trinajstić information content (AvgIpc) is 2.81. The van der Waals surface area contributed by atoms with Crippen molar-refractivity contribution in [3.05, 3.63) is 23.3 Å². The van der Waals surface area contributed by atoms with Crippen molar-refractivity contribution >= 4 is 11.9 Å². The molecule has 16 heavy (non-hydrogen) atoms. The van der Waals surface area contributed by atoms with Gasteiger partial charge in [0.1, 0.15) is 12.2 Å². The first-order chi connectivity index (χ1) is 7.65. The van der Waals surface area contributed by atoms with Gasteiger partial charge in [0.25, 0.3) is 0 Å². The monoisotopic (exact) mass is 222 g/mol. The molecule has 0 fully saturated rings. The third kappa shape index (κ3) is 1.75. The smallest absolute Gasteiger partial charge is 0.339 e. The van der Waals surface area contributed by atoms with Gasteiger partial charge in [-0.1, -0.05) is 13.8 Å². The number of carbonyl (C=O) groups excluding carboxylic acids is 2. The Morgan fingerprint density at radius 2 is 1.31 bits per heavy atom. The summed E-state index contributed by atoms with van der Waals surface area (Å²) in [5.41, 5.74) is 0.709. The van der Waals surface area contributed by atoms with E-state index in [1.165, 1.54) is 0 Å². The Morgan fingerprint density at radius 3 is 1.56 bits per heavy atom. The van der Waals surface area contributed by atoms with Crippen molar-refractivity contribution in [3.8, 4) is 0 Å². The largest absolute Gasteiger partial charge is 0.455 e. The Kier molecular flexibility index (Phi) is 2.81. The first-order valence-corrected chi connectivity index (χ1v) is 5.51. The van der Waals surface area contributed by atoms with E-state index in [0.29, 0.717) is 11.1 Å². The number of hydrogen-bond acceptors (Lipinski definition) is 4. The number of ether oxygens (including phenoxy) is 2. The van der Waals surface area contributed by atoms with Crippen LogP contribution in [0.3, 0.4) is 0 Å². The fourth-order valence-electron chi connectivity index (χ4n) is 1.78. The van der Waals surface area contributed by atoms with Gasteiger partial charge in [0, 0.05) is 0 Å². The maximum absolute atomic E-state index is 11.5. The molecule has 0 saturated heterocycles. The highest BCUT2D eigenvalue weighted by atomic mass is 16.6. The van der Waals surface area contributed by atoms with E-state index >= 15 is 0 Å². The fourth-order valence-corrected chi connectivity index (χ4v) is 1.78. The molecule has 2 atom stereocenters. The van der Waals surface area contributed by atoms with Crippen molar-refractivity contribution in [2.45, 2.75) is 38.9 Å². The average molecular weight is 222 g/mol. The lowest BCUT2D eigenvalue weighted by molar-refractivity contribution is -0.142. The second-order valence-corrected chi connectivity index (χ2v) is 3.86. The molecule has 0 aromatic rings. The minimum absolute atomic E-state index is 0.211. The van der Waals surface area contributed by atoms with Crippen molar-refractivity contribution in [1.82, 2.24) is 0 Å². The zero-order valence-electron chi connectivity index (χ0n) is 9.36. The van der Waals surface area contributed by atoms with Crippen LogP contribution in [0.2, 0.25) is 0 Å². The summed E-state index contributed by atoms with van der Waals surface area (Å²) in [5.74, 6) is -0.849. The lowest BCUT2D eigenvalue weighted by atomic mass is 10.1. The van der Waals surface area contributed by atoms with Gasteiger partial charge in [0.2, 0.25) is 0 Å². The minimum atomic E-state index is -0.424. The second kappa shape index (κ2) is 4.12. The van der Waals surface area contributed by atoms with Gasteiger partial charge in [-0.05, 0) is 25.0 Å². The first kappa shape index (κ1) is 10.9. The third-order valence-corrected chi connectivity index (χ3v) is 2.76. The van der Waals surface area contributed by atoms with Crippen LogP contribution in [0.4, 0.5) is 0 Å². The molecule has 2 rings (SSSR count). The van der Waals surface area contributed by atoms with Crippen LogP contribution in [0.5, 0.6) is 0 Å². The molecule has 4 nitrogen and oxygen atoms in total. The first-order valence-electron chi connectivity index (χ1n) is 5.51. The van der Waals surface area contributed by atoms with Gasteiger partial charge in [-0.2, -0.15) is 0 Å². The van der Waals surface area contributed by atoms with Gasteiger partial charge in [0.05, 0.1) is 11.1 Å². The van der Waals surface area contributed by atoms with Gasteiger partial charge in [-0.25, -0.2) is 9.59 Å². The Bertz CT molecular complexity index is 354. The summed E-state index contributed by atoms with van der Waals surface area (Å²) in [5, 5.41) is 0. The molecule has 2 aliphatic heterocycles. The molecule has 2 heterocycles.